The van der Waals surface area contributed by atoms with Gasteiger partial charge in [0.2, 0.25) is 0 Å². The third-order valence-corrected chi connectivity index (χ3v) is 6.62. The van der Waals surface area contributed by atoms with Gasteiger partial charge in [0.25, 0.3) is 0 Å². The van der Waals surface area contributed by atoms with Crippen molar-refractivity contribution in [1.82, 2.24) is 0 Å². The van der Waals surface area contributed by atoms with Crippen LogP contribution >= 0.6 is 11.8 Å². The number of carbonyl (C=O) groups is 1. The minimum atomic E-state index is 0.149. The fourth-order valence-corrected chi connectivity index (χ4v) is 5.01. The summed E-state index contributed by atoms with van der Waals surface area (Å²) in [5.41, 5.74) is 4.27. The Labute approximate surface area is 186 Å². The largest absolute Gasteiger partial charge is 0.294 e. The first-order chi connectivity index (χ1) is 15.3. The van der Waals surface area contributed by atoms with Gasteiger partial charge in [0.1, 0.15) is 0 Å². The zero-order chi connectivity index (χ0) is 21.2. The van der Waals surface area contributed by atoms with Crippen LogP contribution < -0.4 is 0 Å². The van der Waals surface area contributed by atoms with Crippen molar-refractivity contribution < 1.29 is 4.79 Å². The molecule has 1 nitrogen and oxygen atoms in total. The molecule has 0 heterocycles. The van der Waals surface area contributed by atoms with Gasteiger partial charge in [-0.25, -0.2) is 0 Å². The second kappa shape index (κ2) is 8.41. The number of benzene rings is 5. The maximum atomic E-state index is 13.0. The molecule has 0 aliphatic carbocycles. The Bertz CT molecular complexity index is 1400. The van der Waals surface area contributed by atoms with Crippen molar-refractivity contribution in [3.8, 4) is 11.1 Å². The molecule has 0 unspecified atom stereocenters. The highest BCUT2D eigenvalue weighted by atomic mass is 32.2. The smallest absolute Gasteiger partial charge is 0.167 e. The van der Waals surface area contributed by atoms with E-state index >= 15 is 0 Å². The van der Waals surface area contributed by atoms with Crippen LogP contribution in [0.1, 0.15) is 15.9 Å². The van der Waals surface area contributed by atoms with Gasteiger partial charge < -0.3 is 0 Å². The second-order valence-corrected chi connectivity index (χ2v) is 8.50. The van der Waals surface area contributed by atoms with Crippen molar-refractivity contribution >= 4 is 39.1 Å². The molecule has 5 aromatic rings. The van der Waals surface area contributed by atoms with E-state index in [1.807, 2.05) is 30.3 Å². The Hall–Kier alpha value is -3.36. The van der Waals surface area contributed by atoms with E-state index in [1.165, 1.54) is 37.6 Å². The molecule has 31 heavy (non-hydrogen) atoms. The highest BCUT2D eigenvalue weighted by Crippen LogP contribution is 2.39. The SMILES string of the molecule is CSc1ccc(-c2cccc3ccccc23)c2cccc(CC(=O)c3ccccc3)c12. The van der Waals surface area contributed by atoms with Crippen molar-refractivity contribution in [3.05, 3.63) is 114 Å². The number of rotatable bonds is 5. The zero-order valence-electron chi connectivity index (χ0n) is 17.3. The molecule has 0 saturated carbocycles. The van der Waals surface area contributed by atoms with Gasteiger partial charge in [-0.15, -0.1) is 11.8 Å². The average molecular weight is 419 g/mol. The summed E-state index contributed by atoms with van der Waals surface area (Å²) in [6.45, 7) is 0. The van der Waals surface area contributed by atoms with Crippen molar-refractivity contribution in [1.29, 1.82) is 0 Å². The van der Waals surface area contributed by atoms with E-state index in [1.54, 1.807) is 11.8 Å². The van der Waals surface area contributed by atoms with Gasteiger partial charge in [-0.2, -0.15) is 0 Å². The van der Waals surface area contributed by atoms with E-state index < -0.39 is 0 Å². The van der Waals surface area contributed by atoms with Crippen LogP contribution in [0.25, 0.3) is 32.7 Å². The van der Waals surface area contributed by atoms with Gasteiger partial charge >= 0.3 is 0 Å². The third-order valence-electron chi connectivity index (χ3n) is 5.84. The van der Waals surface area contributed by atoms with Crippen LogP contribution in [-0.4, -0.2) is 12.0 Å². The molecule has 0 aliphatic rings. The molecule has 0 fully saturated rings. The predicted molar refractivity (Wildman–Crippen MR) is 133 cm³/mol. The number of carbonyl (C=O) groups excluding carboxylic acids is 1. The fourth-order valence-electron chi connectivity index (χ4n) is 4.36. The Morgan fingerprint density at radius 1 is 0.677 bits per heavy atom. The van der Waals surface area contributed by atoms with E-state index in [2.05, 4.69) is 79.1 Å². The summed E-state index contributed by atoms with van der Waals surface area (Å²) in [4.78, 5) is 14.2. The molecule has 0 atom stereocenters. The molecule has 0 aliphatic heterocycles. The lowest BCUT2D eigenvalue weighted by atomic mass is 9.91. The average Bonchev–Trinajstić information content (AvgIpc) is 2.83. The molecular formula is C29H22OS. The van der Waals surface area contributed by atoms with Crippen LogP contribution in [0.4, 0.5) is 0 Å². The van der Waals surface area contributed by atoms with E-state index in [9.17, 15) is 4.79 Å². The molecule has 5 aromatic carbocycles. The van der Waals surface area contributed by atoms with Gasteiger partial charge in [0.05, 0.1) is 0 Å². The minimum absolute atomic E-state index is 0.149. The lowest BCUT2D eigenvalue weighted by Crippen LogP contribution is -2.04. The van der Waals surface area contributed by atoms with Crippen LogP contribution in [0.5, 0.6) is 0 Å². The number of thioether (sulfide) groups is 1. The number of fused-ring (bicyclic) bond motifs is 2. The van der Waals surface area contributed by atoms with Crippen LogP contribution in [0.15, 0.2) is 108 Å². The van der Waals surface area contributed by atoms with E-state index in [4.69, 9.17) is 0 Å². The topological polar surface area (TPSA) is 17.1 Å². The van der Waals surface area contributed by atoms with Crippen molar-refractivity contribution in [2.45, 2.75) is 11.3 Å². The van der Waals surface area contributed by atoms with E-state index in [0.29, 0.717) is 6.42 Å². The van der Waals surface area contributed by atoms with Gasteiger partial charge in [-0.1, -0.05) is 97.1 Å². The molecule has 5 rings (SSSR count). The Kier molecular flexibility index (Phi) is 5.31. The lowest BCUT2D eigenvalue weighted by Gasteiger charge is -2.15. The maximum absolute atomic E-state index is 13.0. The summed E-state index contributed by atoms with van der Waals surface area (Å²) in [6.07, 6.45) is 2.50. The minimum Gasteiger partial charge on any atom is -0.294 e. The van der Waals surface area contributed by atoms with Gasteiger partial charge in [0, 0.05) is 16.9 Å². The van der Waals surface area contributed by atoms with Crippen LogP contribution in [0.3, 0.4) is 0 Å². The van der Waals surface area contributed by atoms with E-state index in [-0.39, 0.29) is 5.78 Å². The van der Waals surface area contributed by atoms with Gasteiger partial charge in [-0.3, -0.25) is 4.79 Å². The van der Waals surface area contributed by atoms with Crippen molar-refractivity contribution in [3.63, 3.8) is 0 Å². The molecule has 0 radical (unpaired) electrons. The molecule has 0 N–H and O–H groups in total. The number of ketones is 1. The van der Waals surface area contributed by atoms with Crippen molar-refractivity contribution in [2.75, 3.05) is 6.26 Å². The second-order valence-electron chi connectivity index (χ2n) is 7.65. The van der Waals surface area contributed by atoms with Crippen LogP contribution in [0, 0.1) is 0 Å². The molecule has 0 bridgehead atoms. The van der Waals surface area contributed by atoms with Crippen molar-refractivity contribution in [2.24, 2.45) is 0 Å². The van der Waals surface area contributed by atoms with Crippen LogP contribution in [0.2, 0.25) is 0 Å². The quantitative estimate of drug-likeness (QED) is 0.214. The predicted octanol–water partition coefficient (Wildman–Crippen LogP) is 7.81. The molecule has 0 aromatic heterocycles. The monoisotopic (exact) mass is 418 g/mol. The first-order valence-corrected chi connectivity index (χ1v) is 11.6. The normalized spacial score (nSPS) is 11.1. The standard InChI is InChI=1S/C29H22OS/c1-31-28-18-17-25(24-15-7-12-20-9-5-6-14-23(20)24)26-16-8-13-22(29(26)28)19-27(30)21-10-3-2-4-11-21/h2-18H,19H2,1H3. The summed E-state index contributed by atoms with van der Waals surface area (Å²) < 4.78 is 0. The van der Waals surface area contributed by atoms with Gasteiger partial charge in [-0.05, 0) is 50.6 Å². The summed E-state index contributed by atoms with van der Waals surface area (Å²) in [7, 11) is 0. The molecule has 0 spiro atoms. The van der Waals surface area contributed by atoms with Gasteiger partial charge in [0.15, 0.2) is 5.78 Å². The Morgan fingerprint density at radius 2 is 1.35 bits per heavy atom. The highest BCUT2D eigenvalue weighted by molar-refractivity contribution is 7.98. The molecule has 2 heteroatoms. The number of hydrogen-bond donors (Lipinski definition) is 0. The summed E-state index contributed by atoms with van der Waals surface area (Å²) >= 11 is 1.73. The molecular weight excluding hydrogens is 396 g/mol. The number of Topliss-reactive ketones (excluding diaryl/α,β-unsaturated/α-hetero) is 1. The summed E-state index contributed by atoms with van der Waals surface area (Å²) in [5, 5.41) is 4.86. The fraction of sp³-hybridized carbons (Fsp3) is 0.0690. The Balaban J connectivity index is 1.71. The zero-order valence-corrected chi connectivity index (χ0v) is 18.2. The highest BCUT2D eigenvalue weighted by Gasteiger charge is 2.15. The maximum Gasteiger partial charge on any atom is 0.167 e. The summed E-state index contributed by atoms with van der Waals surface area (Å²) in [6, 6.07) is 35.3. The Morgan fingerprint density at radius 3 is 2.19 bits per heavy atom. The van der Waals surface area contributed by atoms with E-state index in [0.717, 1.165) is 11.1 Å². The molecule has 150 valence electrons. The number of hydrogen-bond acceptors (Lipinski definition) is 2. The lowest BCUT2D eigenvalue weighted by molar-refractivity contribution is 0.0993. The first kappa shape index (κ1) is 19.6. The summed E-state index contributed by atoms with van der Waals surface area (Å²) in [5.74, 6) is 0.149. The molecule has 0 saturated heterocycles. The van der Waals surface area contributed by atoms with Crippen LogP contribution in [-0.2, 0) is 6.42 Å². The first-order valence-electron chi connectivity index (χ1n) is 10.4. The third kappa shape index (κ3) is 3.64. The molecule has 0 amide bonds.